The number of benzene rings is 1. The average Bonchev–Trinajstić information content (AvgIpc) is 3.55. The highest BCUT2D eigenvalue weighted by atomic mass is 35.5. The molecule has 0 bridgehead atoms. The van der Waals surface area contributed by atoms with Crippen molar-refractivity contribution >= 4 is 28.2 Å². The summed E-state index contributed by atoms with van der Waals surface area (Å²) in [5.41, 5.74) is 1.83. The van der Waals surface area contributed by atoms with Gasteiger partial charge in [0.1, 0.15) is 5.69 Å². The van der Waals surface area contributed by atoms with E-state index in [1.807, 2.05) is 42.7 Å². The van der Waals surface area contributed by atoms with Crippen molar-refractivity contribution in [3.8, 4) is 11.3 Å². The molecule has 1 aliphatic heterocycles. The Hall–Kier alpha value is -2.24. The van der Waals surface area contributed by atoms with Crippen LogP contribution in [0.15, 0.2) is 42.7 Å². The molecule has 0 spiro atoms. The lowest BCUT2D eigenvalue weighted by Gasteiger charge is -2.33. The maximum absolute atomic E-state index is 6.03. The molecule has 138 valence electrons. The third kappa shape index (κ3) is 3.49. The van der Waals surface area contributed by atoms with Crippen molar-refractivity contribution in [3.05, 3.63) is 47.7 Å². The van der Waals surface area contributed by atoms with Gasteiger partial charge in [0.2, 0.25) is 0 Å². The molecule has 1 saturated heterocycles. The maximum Gasteiger partial charge on any atom is 0.156 e. The van der Waals surface area contributed by atoms with E-state index in [2.05, 4.69) is 25.4 Å². The average molecular weight is 380 g/mol. The van der Waals surface area contributed by atoms with E-state index < -0.39 is 0 Å². The first-order chi connectivity index (χ1) is 13.3. The van der Waals surface area contributed by atoms with Gasteiger partial charge in [-0.3, -0.25) is 9.88 Å². The first kappa shape index (κ1) is 16.9. The highest BCUT2D eigenvalue weighted by Crippen LogP contribution is 2.32. The molecule has 0 radical (unpaired) electrons. The minimum Gasteiger partial charge on any atom is -0.364 e. The van der Waals surface area contributed by atoms with Gasteiger partial charge in [0, 0.05) is 52.4 Å². The second-order valence-corrected chi connectivity index (χ2v) is 7.97. The molecule has 1 aromatic carbocycles. The number of hydrogen-bond donors (Lipinski definition) is 1. The van der Waals surface area contributed by atoms with Gasteiger partial charge in [0.05, 0.1) is 0 Å². The number of nitrogens with one attached hydrogen (secondary N) is 1. The van der Waals surface area contributed by atoms with E-state index in [0.29, 0.717) is 11.1 Å². The Morgan fingerprint density at radius 2 is 1.85 bits per heavy atom. The smallest absolute Gasteiger partial charge is 0.156 e. The van der Waals surface area contributed by atoms with Crippen LogP contribution in [-0.2, 0) is 0 Å². The maximum atomic E-state index is 6.03. The SMILES string of the molecule is Clc1ccc(-c2nnc(NC3CCCN(C4CC4)C3)c3ccncc23)cc1. The van der Waals surface area contributed by atoms with Crippen molar-refractivity contribution in [3.63, 3.8) is 0 Å². The van der Waals surface area contributed by atoms with Crippen molar-refractivity contribution < 1.29 is 0 Å². The number of fused-ring (bicyclic) bond motifs is 1. The summed E-state index contributed by atoms with van der Waals surface area (Å²) >= 11 is 6.03. The van der Waals surface area contributed by atoms with Crippen LogP contribution in [0, 0.1) is 0 Å². The van der Waals surface area contributed by atoms with Crippen LogP contribution >= 0.6 is 11.6 Å². The first-order valence-electron chi connectivity index (χ1n) is 9.65. The van der Waals surface area contributed by atoms with Crippen molar-refractivity contribution in [1.29, 1.82) is 0 Å². The van der Waals surface area contributed by atoms with Gasteiger partial charge in [-0.2, -0.15) is 0 Å². The Labute approximate surface area is 163 Å². The molecule has 1 atom stereocenters. The molecule has 3 aromatic rings. The molecule has 2 aliphatic rings. The lowest BCUT2D eigenvalue weighted by molar-refractivity contribution is 0.207. The summed E-state index contributed by atoms with van der Waals surface area (Å²) < 4.78 is 0. The zero-order valence-corrected chi connectivity index (χ0v) is 15.9. The standard InChI is InChI=1S/C21H22ClN5/c22-15-5-3-14(4-6-15)20-19-12-23-10-9-18(19)21(26-25-20)24-16-2-1-11-27(13-16)17-7-8-17/h3-6,9-10,12,16-17H,1-2,7-8,11,13H2,(H,24,26). The lowest BCUT2D eigenvalue weighted by Crippen LogP contribution is -2.43. The van der Waals surface area contributed by atoms with Gasteiger partial charge in [-0.25, -0.2) is 0 Å². The predicted molar refractivity (Wildman–Crippen MR) is 109 cm³/mol. The second kappa shape index (κ2) is 7.06. The van der Waals surface area contributed by atoms with E-state index in [9.17, 15) is 0 Å². The molecule has 6 heteroatoms. The Morgan fingerprint density at radius 1 is 1.00 bits per heavy atom. The fraction of sp³-hybridized carbons (Fsp3) is 0.381. The molecule has 2 fully saturated rings. The Balaban J connectivity index is 1.47. The van der Waals surface area contributed by atoms with Crippen molar-refractivity contribution in [2.24, 2.45) is 0 Å². The highest BCUT2D eigenvalue weighted by molar-refractivity contribution is 6.30. The van der Waals surface area contributed by atoms with Gasteiger partial charge < -0.3 is 5.32 Å². The number of nitrogens with zero attached hydrogens (tertiary/aromatic N) is 4. The van der Waals surface area contributed by atoms with Crippen LogP contribution in [-0.4, -0.2) is 45.3 Å². The molecule has 0 amide bonds. The van der Waals surface area contributed by atoms with E-state index in [0.717, 1.165) is 40.4 Å². The first-order valence-corrected chi connectivity index (χ1v) is 10.0. The fourth-order valence-electron chi connectivity index (χ4n) is 4.01. The minimum absolute atomic E-state index is 0.423. The van der Waals surface area contributed by atoms with E-state index >= 15 is 0 Å². The molecular weight excluding hydrogens is 358 g/mol. The van der Waals surface area contributed by atoms with Crippen LogP contribution in [0.1, 0.15) is 25.7 Å². The second-order valence-electron chi connectivity index (χ2n) is 7.53. The fourth-order valence-corrected chi connectivity index (χ4v) is 4.14. The summed E-state index contributed by atoms with van der Waals surface area (Å²) in [6, 6.07) is 11.0. The molecule has 3 heterocycles. The number of halogens is 1. The molecule has 1 saturated carbocycles. The lowest BCUT2D eigenvalue weighted by atomic mass is 10.0. The summed E-state index contributed by atoms with van der Waals surface area (Å²) in [5.74, 6) is 0.854. The van der Waals surface area contributed by atoms with Gasteiger partial charge in [-0.05, 0) is 50.4 Å². The van der Waals surface area contributed by atoms with Crippen molar-refractivity contribution in [2.45, 2.75) is 37.8 Å². The molecule has 5 nitrogen and oxygen atoms in total. The summed E-state index contributed by atoms with van der Waals surface area (Å²) in [5, 5.41) is 15.5. The number of anilines is 1. The number of hydrogen-bond acceptors (Lipinski definition) is 5. The monoisotopic (exact) mass is 379 g/mol. The summed E-state index contributed by atoms with van der Waals surface area (Å²) in [6.07, 6.45) is 8.82. The zero-order valence-electron chi connectivity index (χ0n) is 15.1. The van der Waals surface area contributed by atoms with Crippen LogP contribution in [0.25, 0.3) is 22.0 Å². The van der Waals surface area contributed by atoms with Crippen LogP contribution < -0.4 is 5.32 Å². The van der Waals surface area contributed by atoms with E-state index in [1.54, 1.807) is 0 Å². The van der Waals surface area contributed by atoms with Crippen LogP contribution in [0.4, 0.5) is 5.82 Å². The number of rotatable bonds is 4. The summed E-state index contributed by atoms with van der Waals surface area (Å²) in [7, 11) is 0. The highest BCUT2D eigenvalue weighted by Gasteiger charge is 2.32. The van der Waals surface area contributed by atoms with Gasteiger partial charge >= 0.3 is 0 Å². The van der Waals surface area contributed by atoms with Crippen LogP contribution in [0.2, 0.25) is 5.02 Å². The van der Waals surface area contributed by atoms with Gasteiger partial charge in [0.15, 0.2) is 5.82 Å². The van der Waals surface area contributed by atoms with E-state index in [4.69, 9.17) is 11.6 Å². The van der Waals surface area contributed by atoms with Gasteiger partial charge in [-0.1, -0.05) is 23.7 Å². The number of piperidine rings is 1. The minimum atomic E-state index is 0.423. The molecule has 5 rings (SSSR count). The van der Waals surface area contributed by atoms with Crippen molar-refractivity contribution in [2.75, 3.05) is 18.4 Å². The molecule has 27 heavy (non-hydrogen) atoms. The van der Waals surface area contributed by atoms with Gasteiger partial charge in [-0.15, -0.1) is 10.2 Å². The van der Waals surface area contributed by atoms with Crippen LogP contribution in [0.5, 0.6) is 0 Å². The molecule has 1 aliphatic carbocycles. The van der Waals surface area contributed by atoms with Crippen LogP contribution in [0.3, 0.4) is 0 Å². The summed E-state index contributed by atoms with van der Waals surface area (Å²) in [6.45, 7) is 2.33. The van der Waals surface area contributed by atoms with Gasteiger partial charge in [0.25, 0.3) is 0 Å². The Kier molecular flexibility index (Phi) is 4.42. The quantitative estimate of drug-likeness (QED) is 0.728. The molecule has 1 N–H and O–H groups in total. The molecular formula is C21H22ClN5. The largest absolute Gasteiger partial charge is 0.364 e. The normalized spacial score (nSPS) is 20.7. The van der Waals surface area contributed by atoms with Crippen molar-refractivity contribution in [1.82, 2.24) is 20.1 Å². The molecule has 2 aromatic heterocycles. The zero-order chi connectivity index (χ0) is 18.2. The topological polar surface area (TPSA) is 53.9 Å². The summed E-state index contributed by atoms with van der Waals surface area (Å²) in [4.78, 5) is 6.94. The third-order valence-electron chi connectivity index (χ3n) is 5.56. The third-order valence-corrected chi connectivity index (χ3v) is 5.81. The number of likely N-dealkylation sites (tertiary alicyclic amines) is 1. The Bertz CT molecular complexity index is 954. The molecule has 1 unspecified atom stereocenters. The van der Waals surface area contributed by atoms with E-state index in [1.165, 1.54) is 32.2 Å². The number of aromatic nitrogens is 3. The van der Waals surface area contributed by atoms with E-state index in [-0.39, 0.29) is 0 Å². The predicted octanol–water partition coefficient (Wildman–Crippen LogP) is 4.38. The number of pyridine rings is 1. The Morgan fingerprint density at radius 3 is 2.67 bits per heavy atom.